The van der Waals surface area contributed by atoms with Gasteiger partial charge in [-0.1, -0.05) is 12.1 Å². The first-order valence-corrected chi connectivity index (χ1v) is 7.08. The van der Waals surface area contributed by atoms with Gasteiger partial charge in [0.25, 0.3) is 0 Å². The van der Waals surface area contributed by atoms with E-state index >= 15 is 0 Å². The highest BCUT2D eigenvalue weighted by Crippen LogP contribution is 2.24. The van der Waals surface area contributed by atoms with Gasteiger partial charge < -0.3 is 14.9 Å². The lowest BCUT2D eigenvalue weighted by atomic mass is 10.1. The number of piperazine rings is 1. The molecular formula is C16H18FN3O. The van der Waals surface area contributed by atoms with Crippen LogP contribution in [0.3, 0.4) is 0 Å². The minimum atomic E-state index is -0.310. The highest BCUT2D eigenvalue weighted by atomic mass is 19.1. The summed E-state index contributed by atoms with van der Waals surface area (Å²) in [5, 5.41) is 9.16. The molecule has 0 amide bonds. The van der Waals surface area contributed by atoms with Crippen LogP contribution in [0.2, 0.25) is 0 Å². The van der Waals surface area contributed by atoms with E-state index in [4.69, 9.17) is 5.11 Å². The Balaban J connectivity index is 1.72. The number of nitrogens with zero attached hydrogens (tertiary/aromatic N) is 3. The van der Waals surface area contributed by atoms with Gasteiger partial charge in [0, 0.05) is 37.9 Å². The van der Waals surface area contributed by atoms with Crippen molar-refractivity contribution in [1.82, 2.24) is 4.98 Å². The normalized spacial score (nSPS) is 15.3. The molecule has 3 rings (SSSR count). The van der Waals surface area contributed by atoms with Gasteiger partial charge in [-0.15, -0.1) is 0 Å². The molecule has 0 aliphatic carbocycles. The van der Waals surface area contributed by atoms with Gasteiger partial charge in [0.2, 0.25) is 0 Å². The topological polar surface area (TPSA) is 39.6 Å². The molecule has 0 radical (unpaired) electrons. The molecule has 0 unspecified atom stereocenters. The van der Waals surface area contributed by atoms with Gasteiger partial charge >= 0.3 is 0 Å². The number of benzene rings is 1. The Bertz CT molecular complexity index is 598. The number of hydrogen-bond donors (Lipinski definition) is 1. The van der Waals surface area contributed by atoms with Crippen molar-refractivity contribution in [2.24, 2.45) is 0 Å². The van der Waals surface area contributed by atoms with Crippen molar-refractivity contribution in [3.05, 3.63) is 54.1 Å². The number of pyridine rings is 1. The van der Waals surface area contributed by atoms with E-state index in [1.54, 1.807) is 24.4 Å². The van der Waals surface area contributed by atoms with Gasteiger partial charge in [-0.05, 0) is 18.2 Å². The quantitative estimate of drug-likeness (QED) is 0.938. The first-order valence-electron chi connectivity index (χ1n) is 7.08. The molecule has 21 heavy (non-hydrogen) atoms. The lowest BCUT2D eigenvalue weighted by Gasteiger charge is -2.37. The molecule has 0 saturated carbocycles. The summed E-state index contributed by atoms with van der Waals surface area (Å²) in [5.41, 5.74) is 2.02. The molecular weight excluding hydrogens is 269 g/mol. The Labute approximate surface area is 123 Å². The van der Waals surface area contributed by atoms with E-state index in [9.17, 15) is 4.39 Å². The standard InChI is InChI=1S/C16H18FN3O/c17-16-13(12-21)3-1-5-15(16)20-9-7-19(8-10-20)14-4-2-6-18-11-14/h1-6,11,21H,7-10,12H2. The third kappa shape index (κ3) is 2.83. The van der Waals surface area contributed by atoms with Crippen LogP contribution in [0.4, 0.5) is 15.8 Å². The Morgan fingerprint density at radius 2 is 1.81 bits per heavy atom. The van der Waals surface area contributed by atoms with Crippen LogP contribution >= 0.6 is 0 Å². The van der Waals surface area contributed by atoms with E-state index in [-0.39, 0.29) is 12.4 Å². The minimum Gasteiger partial charge on any atom is -0.392 e. The third-order valence-corrected chi connectivity index (χ3v) is 3.86. The second-order valence-electron chi connectivity index (χ2n) is 5.09. The van der Waals surface area contributed by atoms with E-state index < -0.39 is 0 Å². The molecule has 4 nitrogen and oxygen atoms in total. The van der Waals surface area contributed by atoms with E-state index in [2.05, 4.69) is 9.88 Å². The predicted octanol–water partition coefficient (Wildman–Crippen LogP) is 2.04. The molecule has 0 spiro atoms. The zero-order chi connectivity index (χ0) is 14.7. The maximum absolute atomic E-state index is 14.3. The van der Waals surface area contributed by atoms with Gasteiger partial charge in [-0.3, -0.25) is 4.98 Å². The monoisotopic (exact) mass is 287 g/mol. The first kappa shape index (κ1) is 13.8. The van der Waals surface area contributed by atoms with Crippen molar-refractivity contribution in [3.8, 4) is 0 Å². The number of anilines is 2. The Morgan fingerprint density at radius 3 is 2.48 bits per heavy atom. The smallest absolute Gasteiger partial charge is 0.151 e. The van der Waals surface area contributed by atoms with Crippen LogP contribution in [0.5, 0.6) is 0 Å². The van der Waals surface area contributed by atoms with Gasteiger partial charge in [-0.2, -0.15) is 0 Å². The van der Waals surface area contributed by atoms with Crippen LogP contribution in [0.15, 0.2) is 42.7 Å². The molecule has 1 fully saturated rings. The van der Waals surface area contributed by atoms with Crippen molar-refractivity contribution in [1.29, 1.82) is 0 Å². The van der Waals surface area contributed by atoms with E-state index in [0.717, 1.165) is 31.9 Å². The summed E-state index contributed by atoms with van der Waals surface area (Å²) in [6, 6.07) is 9.14. The molecule has 1 aliphatic heterocycles. The van der Waals surface area contributed by atoms with E-state index in [1.165, 1.54) is 0 Å². The summed E-state index contributed by atoms with van der Waals surface area (Å²) in [6.07, 6.45) is 3.61. The molecule has 1 aromatic heterocycles. The molecule has 2 heterocycles. The molecule has 1 aromatic carbocycles. The van der Waals surface area contributed by atoms with Crippen molar-refractivity contribution < 1.29 is 9.50 Å². The zero-order valence-corrected chi connectivity index (χ0v) is 11.7. The molecule has 1 N–H and O–H groups in total. The Morgan fingerprint density at radius 1 is 1.05 bits per heavy atom. The van der Waals surface area contributed by atoms with Crippen molar-refractivity contribution >= 4 is 11.4 Å². The van der Waals surface area contributed by atoms with Crippen LogP contribution in [0.25, 0.3) is 0 Å². The fourth-order valence-electron chi connectivity index (χ4n) is 2.68. The number of rotatable bonds is 3. The molecule has 2 aromatic rings. The average molecular weight is 287 g/mol. The molecule has 1 saturated heterocycles. The second kappa shape index (κ2) is 6.10. The number of aliphatic hydroxyl groups excluding tert-OH is 1. The number of halogens is 1. The predicted molar refractivity (Wildman–Crippen MR) is 81.0 cm³/mol. The second-order valence-corrected chi connectivity index (χ2v) is 5.09. The first-order chi connectivity index (χ1) is 10.3. The number of aromatic nitrogens is 1. The fraction of sp³-hybridized carbons (Fsp3) is 0.312. The molecule has 1 aliphatic rings. The van der Waals surface area contributed by atoms with Crippen LogP contribution in [0, 0.1) is 5.82 Å². The van der Waals surface area contributed by atoms with Crippen LogP contribution in [-0.4, -0.2) is 36.3 Å². The van der Waals surface area contributed by atoms with Crippen molar-refractivity contribution in [2.45, 2.75) is 6.61 Å². The van der Waals surface area contributed by atoms with Gasteiger partial charge in [0.05, 0.1) is 24.2 Å². The van der Waals surface area contributed by atoms with Crippen LogP contribution in [0.1, 0.15) is 5.56 Å². The largest absolute Gasteiger partial charge is 0.392 e. The summed E-state index contributed by atoms with van der Waals surface area (Å²) in [4.78, 5) is 8.41. The Hall–Kier alpha value is -2.14. The van der Waals surface area contributed by atoms with Crippen molar-refractivity contribution in [3.63, 3.8) is 0 Å². The lowest BCUT2D eigenvalue weighted by molar-refractivity contribution is 0.276. The SMILES string of the molecule is OCc1cccc(N2CCN(c3cccnc3)CC2)c1F. The van der Waals surface area contributed by atoms with Gasteiger partial charge in [-0.25, -0.2) is 4.39 Å². The maximum Gasteiger partial charge on any atom is 0.151 e. The minimum absolute atomic E-state index is 0.269. The van der Waals surface area contributed by atoms with Crippen LogP contribution in [-0.2, 0) is 6.61 Å². The van der Waals surface area contributed by atoms with Gasteiger partial charge in [0.1, 0.15) is 0 Å². The van der Waals surface area contributed by atoms with E-state index in [1.807, 2.05) is 23.2 Å². The van der Waals surface area contributed by atoms with E-state index in [0.29, 0.717) is 11.3 Å². The number of aliphatic hydroxyl groups is 1. The summed E-state index contributed by atoms with van der Waals surface area (Å²) in [6.45, 7) is 2.89. The highest BCUT2D eigenvalue weighted by Gasteiger charge is 2.20. The van der Waals surface area contributed by atoms with Gasteiger partial charge in [0.15, 0.2) is 5.82 Å². The average Bonchev–Trinajstić information content (AvgIpc) is 2.56. The summed E-state index contributed by atoms with van der Waals surface area (Å²) < 4.78 is 14.3. The molecule has 5 heteroatoms. The lowest BCUT2D eigenvalue weighted by Crippen LogP contribution is -2.46. The maximum atomic E-state index is 14.3. The fourth-order valence-corrected chi connectivity index (χ4v) is 2.68. The summed E-state index contributed by atoms with van der Waals surface area (Å²) in [7, 11) is 0. The highest BCUT2D eigenvalue weighted by molar-refractivity contribution is 5.53. The summed E-state index contributed by atoms with van der Waals surface area (Å²) in [5.74, 6) is -0.310. The summed E-state index contributed by atoms with van der Waals surface area (Å²) >= 11 is 0. The zero-order valence-electron chi connectivity index (χ0n) is 11.7. The molecule has 0 atom stereocenters. The Kier molecular flexibility index (Phi) is 4.01. The van der Waals surface area contributed by atoms with Crippen molar-refractivity contribution in [2.75, 3.05) is 36.0 Å². The molecule has 110 valence electrons. The van der Waals surface area contributed by atoms with Crippen LogP contribution < -0.4 is 9.80 Å². The number of hydrogen-bond acceptors (Lipinski definition) is 4. The molecule has 0 bridgehead atoms. The third-order valence-electron chi connectivity index (χ3n) is 3.86.